The van der Waals surface area contributed by atoms with Crippen molar-refractivity contribution in [1.29, 1.82) is 0 Å². The minimum absolute atomic E-state index is 0.365. The Kier molecular flexibility index (Phi) is 1.96. The first kappa shape index (κ1) is 7.79. The van der Waals surface area contributed by atoms with Gasteiger partial charge in [-0.15, -0.1) is 0 Å². The van der Waals surface area contributed by atoms with Crippen LogP contribution in [0.15, 0.2) is 45.8 Å². The molecule has 0 saturated carbocycles. The Morgan fingerprint density at radius 1 is 1.31 bits per heavy atom. The molecule has 0 saturated heterocycles. The van der Waals surface area contributed by atoms with Gasteiger partial charge < -0.3 is 0 Å². The molecule has 4 heteroatoms. The number of aromatic nitrogens is 2. The average Bonchev–Trinajstić information content (AvgIpc) is 2.53. The quantitative estimate of drug-likeness (QED) is 0.671. The lowest BCUT2D eigenvalue weighted by atomic mass is 10.2. The molecule has 0 unspecified atom stereocenters. The van der Waals surface area contributed by atoms with Gasteiger partial charge in [0, 0.05) is 5.56 Å². The van der Waals surface area contributed by atoms with Crippen molar-refractivity contribution in [2.75, 3.05) is 0 Å². The third-order valence-corrected chi connectivity index (χ3v) is 1.72. The molecule has 1 aromatic carbocycles. The third-order valence-electron chi connectivity index (χ3n) is 1.72. The van der Waals surface area contributed by atoms with Crippen LogP contribution in [0, 0.1) is 0 Å². The minimum Gasteiger partial charge on any atom is -0.284 e. The summed E-state index contributed by atoms with van der Waals surface area (Å²) in [6, 6.07) is 9.82. The van der Waals surface area contributed by atoms with Crippen LogP contribution in [0.5, 0.6) is 0 Å². The summed E-state index contributed by atoms with van der Waals surface area (Å²) in [7, 11) is 0. The maximum Gasteiger partial charge on any atom is 0.426 e. The number of rotatable bonds is 2. The van der Waals surface area contributed by atoms with Crippen molar-refractivity contribution < 1.29 is 9.20 Å². The first-order chi connectivity index (χ1) is 6.34. The second kappa shape index (κ2) is 3.26. The van der Waals surface area contributed by atoms with Gasteiger partial charge in [-0.1, -0.05) is 35.0 Å². The number of nitrogens with zero attached hydrogens (tertiary/aromatic N) is 1. The number of H-pyrrole nitrogens is 1. The Bertz CT molecular complexity index is 430. The summed E-state index contributed by atoms with van der Waals surface area (Å²) in [6.45, 7) is 0.618. The van der Waals surface area contributed by atoms with E-state index in [2.05, 4.69) is 9.79 Å². The van der Waals surface area contributed by atoms with E-state index < -0.39 is 0 Å². The molecular formula is C9H9N2O2+. The third kappa shape index (κ3) is 1.84. The standard InChI is InChI=1S/C9H8N2O2/c12-9-7-11(10-13-9)6-8-4-2-1-3-5-8/h1-5,7H,6H2/p+1. The second-order valence-electron chi connectivity index (χ2n) is 2.75. The Labute approximate surface area is 74.4 Å². The summed E-state index contributed by atoms with van der Waals surface area (Å²) in [6.07, 6.45) is 1.38. The SMILES string of the molecule is O=c1c[n+](Cc2ccccc2)[nH]o1. The van der Waals surface area contributed by atoms with E-state index >= 15 is 0 Å². The lowest BCUT2D eigenvalue weighted by Crippen LogP contribution is -2.35. The van der Waals surface area contributed by atoms with Crippen LogP contribution in [0.3, 0.4) is 0 Å². The van der Waals surface area contributed by atoms with Crippen molar-refractivity contribution in [2.24, 2.45) is 0 Å². The molecule has 0 aliphatic rings. The van der Waals surface area contributed by atoms with E-state index in [1.165, 1.54) is 6.20 Å². The van der Waals surface area contributed by atoms with Crippen molar-refractivity contribution in [3.8, 4) is 0 Å². The molecule has 1 N–H and O–H groups in total. The fourth-order valence-corrected chi connectivity index (χ4v) is 1.14. The maximum atomic E-state index is 10.7. The largest absolute Gasteiger partial charge is 0.426 e. The Hall–Kier alpha value is -1.84. The monoisotopic (exact) mass is 177 g/mol. The molecule has 0 bridgehead atoms. The molecule has 4 nitrogen and oxygen atoms in total. The first-order valence-electron chi connectivity index (χ1n) is 3.96. The number of aromatic amines is 1. The van der Waals surface area contributed by atoms with Gasteiger partial charge >= 0.3 is 5.63 Å². The van der Waals surface area contributed by atoms with Gasteiger partial charge in [-0.3, -0.25) is 4.52 Å². The lowest BCUT2D eigenvalue weighted by molar-refractivity contribution is -0.754. The van der Waals surface area contributed by atoms with Crippen LogP contribution in [0.2, 0.25) is 0 Å². The van der Waals surface area contributed by atoms with Gasteiger partial charge in [-0.25, -0.2) is 4.79 Å². The van der Waals surface area contributed by atoms with Gasteiger partial charge in [-0.05, 0) is 5.27 Å². The van der Waals surface area contributed by atoms with Gasteiger partial charge in [0.2, 0.25) is 6.54 Å². The van der Waals surface area contributed by atoms with Gasteiger partial charge in [0.1, 0.15) is 0 Å². The van der Waals surface area contributed by atoms with E-state index in [0.717, 1.165) is 5.56 Å². The molecular weight excluding hydrogens is 168 g/mol. The molecule has 0 fully saturated rings. The number of hydrogen-bond acceptors (Lipinski definition) is 2. The molecule has 0 radical (unpaired) electrons. The van der Waals surface area contributed by atoms with Gasteiger partial charge in [0.05, 0.1) is 0 Å². The van der Waals surface area contributed by atoms with Crippen LogP contribution in [0.1, 0.15) is 5.56 Å². The summed E-state index contributed by atoms with van der Waals surface area (Å²) in [5, 5.41) is 2.48. The van der Waals surface area contributed by atoms with Crippen molar-refractivity contribution in [3.05, 3.63) is 52.5 Å². The highest BCUT2D eigenvalue weighted by Gasteiger charge is 2.05. The molecule has 13 heavy (non-hydrogen) atoms. The lowest BCUT2D eigenvalue weighted by Gasteiger charge is -1.90. The van der Waals surface area contributed by atoms with Crippen molar-refractivity contribution in [1.82, 2.24) is 5.27 Å². The molecule has 1 heterocycles. The molecule has 2 aromatic rings. The Morgan fingerprint density at radius 3 is 2.69 bits per heavy atom. The predicted octanol–water partition coefficient (Wildman–Crippen LogP) is 0.304. The van der Waals surface area contributed by atoms with Crippen molar-refractivity contribution in [2.45, 2.75) is 6.54 Å². The number of nitrogens with one attached hydrogen (secondary N) is 1. The summed E-state index contributed by atoms with van der Waals surface area (Å²) >= 11 is 0. The summed E-state index contributed by atoms with van der Waals surface area (Å²) < 4.78 is 6.11. The van der Waals surface area contributed by atoms with Crippen LogP contribution < -0.4 is 10.3 Å². The normalized spacial score (nSPS) is 10.2. The number of hydrogen-bond donors (Lipinski definition) is 1. The molecule has 0 spiro atoms. The highest BCUT2D eigenvalue weighted by Crippen LogP contribution is 1.95. The molecule has 2 rings (SSSR count). The molecule has 1 aromatic heterocycles. The van der Waals surface area contributed by atoms with E-state index in [1.54, 1.807) is 4.68 Å². The zero-order chi connectivity index (χ0) is 9.10. The van der Waals surface area contributed by atoms with E-state index in [4.69, 9.17) is 0 Å². The van der Waals surface area contributed by atoms with Gasteiger partial charge in [-0.2, -0.15) is 0 Å². The zero-order valence-electron chi connectivity index (χ0n) is 6.93. The summed E-state index contributed by atoms with van der Waals surface area (Å²) in [5.41, 5.74) is 0.750. The molecule has 0 atom stereocenters. The van der Waals surface area contributed by atoms with Crippen LogP contribution in [0.4, 0.5) is 0 Å². The fourth-order valence-electron chi connectivity index (χ4n) is 1.14. The second-order valence-corrected chi connectivity index (χ2v) is 2.75. The molecule has 0 amide bonds. The Morgan fingerprint density at radius 2 is 2.08 bits per heavy atom. The minimum atomic E-state index is -0.365. The van der Waals surface area contributed by atoms with Crippen LogP contribution in [-0.4, -0.2) is 5.27 Å². The Balaban J connectivity index is 2.20. The highest BCUT2D eigenvalue weighted by molar-refractivity contribution is 5.12. The van der Waals surface area contributed by atoms with Crippen LogP contribution in [-0.2, 0) is 6.54 Å². The number of benzene rings is 1. The average molecular weight is 177 g/mol. The topological polar surface area (TPSA) is 49.9 Å². The highest BCUT2D eigenvalue weighted by atomic mass is 16.5. The smallest absolute Gasteiger partial charge is 0.284 e. The van der Waals surface area contributed by atoms with Gasteiger partial charge in [0.25, 0.3) is 6.20 Å². The maximum absolute atomic E-state index is 10.7. The summed E-state index contributed by atoms with van der Waals surface area (Å²) in [5.74, 6) is 0. The molecule has 66 valence electrons. The van der Waals surface area contributed by atoms with E-state index in [-0.39, 0.29) is 5.63 Å². The summed E-state index contributed by atoms with van der Waals surface area (Å²) in [4.78, 5) is 10.7. The fraction of sp³-hybridized carbons (Fsp3) is 0.111. The first-order valence-corrected chi connectivity index (χ1v) is 3.96. The van der Waals surface area contributed by atoms with Crippen molar-refractivity contribution in [3.63, 3.8) is 0 Å². The van der Waals surface area contributed by atoms with Crippen LogP contribution in [0.25, 0.3) is 0 Å². The van der Waals surface area contributed by atoms with Crippen molar-refractivity contribution >= 4 is 0 Å². The van der Waals surface area contributed by atoms with E-state index in [1.807, 2.05) is 30.3 Å². The van der Waals surface area contributed by atoms with Gasteiger partial charge in [0.15, 0.2) is 0 Å². The van der Waals surface area contributed by atoms with E-state index in [9.17, 15) is 4.79 Å². The van der Waals surface area contributed by atoms with E-state index in [0.29, 0.717) is 6.54 Å². The molecule has 0 aliphatic carbocycles. The zero-order valence-corrected chi connectivity index (χ0v) is 6.93. The predicted molar refractivity (Wildman–Crippen MR) is 45.1 cm³/mol. The molecule has 0 aliphatic heterocycles. The van der Waals surface area contributed by atoms with Crippen LogP contribution >= 0.6 is 0 Å².